The Labute approximate surface area is 149 Å². The van der Waals surface area contributed by atoms with Gasteiger partial charge in [0.05, 0.1) is 11.9 Å². The molecule has 1 aromatic rings. The zero-order valence-electron chi connectivity index (χ0n) is 14.6. The lowest BCUT2D eigenvalue weighted by atomic mass is 9.72. The number of nitrogens with one attached hydrogen (secondary N) is 1. The van der Waals surface area contributed by atoms with Gasteiger partial charge in [-0.15, -0.1) is 11.6 Å². The van der Waals surface area contributed by atoms with E-state index in [2.05, 4.69) is 35.3 Å². The van der Waals surface area contributed by atoms with Gasteiger partial charge in [-0.2, -0.15) is 5.10 Å². The van der Waals surface area contributed by atoms with Crippen molar-refractivity contribution in [1.82, 2.24) is 15.1 Å². The maximum absolute atomic E-state index is 6.79. The van der Waals surface area contributed by atoms with Crippen LogP contribution in [0.15, 0.2) is 29.2 Å². The molecule has 0 radical (unpaired) electrons. The van der Waals surface area contributed by atoms with Gasteiger partial charge in [-0.05, 0) is 43.6 Å². The van der Waals surface area contributed by atoms with E-state index in [1.165, 1.54) is 31.3 Å². The number of allylic oxidation sites excluding steroid dienone is 1. The molecule has 2 saturated carbocycles. The van der Waals surface area contributed by atoms with Gasteiger partial charge in [-0.3, -0.25) is 10.1 Å². The van der Waals surface area contributed by atoms with E-state index in [0.717, 1.165) is 36.5 Å². The van der Waals surface area contributed by atoms with Crippen molar-refractivity contribution in [2.24, 2.45) is 16.3 Å². The minimum Gasteiger partial charge on any atom is -0.358 e. The normalized spacial score (nSPS) is 34.0. The summed E-state index contributed by atoms with van der Waals surface area (Å²) in [5.41, 5.74) is 3.59. The topological polar surface area (TPSA) is 44.3 Å². The molecule has 0 amide bonds. The van der Waals surface area contributed by atoms with Crippen LogP contribution in [0.25, 0.3) is 0 Å². The van der Waals surface area contributed by atoms with Crippen molar-refractivity contribution in [3.63, 3.8) is 0 Å². The highest BCUT2D eigenvalue weighted by molar-refractivity contribution is 6.21. The first-order valence-corrected chi connectivity index (χ1v) is 9.65. The molecule has 0 bridgehead atoms. The van der Waals surface area contributed by atoms with Crippen LogP contribution in [0.1, 0.15) is 57.4 Å². The molecule has 0 spiro atoms. The standard InChI is InChI=1S/C19H27ClN4/c1-19(8-4-3-5-16(19)20)18-23-17(15-10-21-22-11-15)14(12-24(18)2)9-13-6-7-13/h10-13,16,18H,3-9H2,1-2H3,(H,21,22). The summed E-state index contributed by atoms with van der Waals surface area (Å²) in [6.07, 6.45) is 14.8. The Bertz CT molecular complexity index is 646. The average Bonchev–Trinajstić information content (AvgIpc) is 3.21. The van der Waals surface area contributed by atoms with Crippen molar-refractivity contribution < 1.29 is 0 Å². The first-order chi connectivity index (χ1) is 11.6. The van der Waals surface area contributed by atoms with Gasteiger partial charge in [0, 0.05) is 35.8 Å². The van der Waals surface area contributed by atoms with E-state index in [4.69, 9.17) is 16.6 Å². The number of rotatable bonds is 4. The molecule has 2 aliphatic carbocycles. The highest BCUT2D eigenvalue weighted by Gasteiger charge is 2.45. The fraction of sp³-hybridized carbons (Fsp3) is 0.684. The van der Waals surface area contributed by atoms with Gasteiger partial charge in [0.1, 0.15) is 6.17 Å². The molecular weight excluding hydrogens is 320 g/mol. The number of aromatic amines is 1. The number of nitrogens with zero attached hydrogens (tertiary/aromatic N) is 3. The molecular formula is C19H27ClN4. The summed E-state index contributed by atoms with van der Waals surface area (Å²) in [5.74, 6) is 0.837. The summed E-state index contributed by atoms with van der Waals surface area (Å²) < 4.78 is 0. The van der Waals surface area contributed by atoms with Crippen LogP contribution in [0.5, 0.6) is 0 Å². The van der Waals surface area contributed by atoms with Crippen LogP contribution in [0.3, 0.4) is 0 Å². The maximum atomic E-state index is 6.79. The van der Waals surface area contributed by atoms with E-state index < -0.39 is 0 Å². The maximum Gasteiger partial charge on any atom is 0.127 e. The summed E-state index contributed by atoms with van der Waals surface area (Å²) in [7, 11) is 2.16. The smallest absolute Gasteiger partial charge is 0.127 e. The van der Waals surface area contributed by atoms with E-state index >= 15 is 0 Å². The van der Waals surface area contributed by atoms with E-state index in [0.29, 0.717) is 0 Å². The Morgan fingerprint density at radius 3 is 2.83 bits per heavy atom. The number of aromatic nitrogens is 2. The van der Waals surface area contributed by atoms with Gasteiger partial charge in [-0.25, -0.2) is 0 Å². The molecule has 3 unspecified atom stereocenters. The van der Waals surface area contributed by atoms with Crippen molar-refractivity contribution in [3.05, 3.63) is 29.7 Å². The van der Waals surface area contributed by atoms with Crippen LogP contribution in [-0.2, 0) is 0 Å². The molecule has 2 fully saturated rings. The first-order valence-electron chi connectivity index (χ1n) is 9.22. The van der Waals surface area contributed by atoms with E-state index in [-0.39, 0.29) is 17.0 Å². The van der Waals surface area contributed by atoms with Crippen LogP contribution in [0, 0.1) is 11.3 Å². The lowest BCUT2D eigenvalue weighted by molar-refractivity contribution is 0.0959. The molecule has 4 nitrogen and oxygen atoms in total. The molecule has 4 rings (SSSR count). The zero-order chi connectivity index (χ0) is 16.7. The molecule has 1 N–H and O–H groups in total. The number of alkyl halides is 1. The van der Waals surface area contributed by atoms with Crippen molar-refractivity contribution in [2.75, 3.05) is 7.05 Å². The molecule has 1 aliphatic heterocycles. The summed E-state index contributed by atoms with van der Waals surface area (Å²) in [6.45, 7) is 2.32. The summed E-state index contributed by atoms with van der Waals surface area (Å²) >= 11 is 6.79. The minimum absolute atomic E-state index is 0.0190. The highest BCUT2D eigenvalue weighted by atomic mass is 35.5. The zero-order valence-corrected chi connectivity index (χ0v) is 15.4. The fourth-order valence-electron chi connectivity index (χ4n) is 4.32. The number of H-pyrrole nitrogens is 1. The molecule has 3 aliphatic rings. The summed E-state index contributed by atoms with van der Waals surface area (Å²) in [4.78, 5) is 7.55. The molecule has 0 saturated heterocycles. The first kappa shape index (κ1) is 16.2. The number of hydrogen-bond donors (Lipinski definition) is 1. The van der Waals surface area contributed by atoms with E-state index in [1.54, 1.807) is 0 Å². The minimum atomic E-state index is 0.0190. The second kappa shape index (κ2) is 6.21. The van der Waals surface area contributed by atoms with Gasteiger partial charge < -0.3 is 4.90 Å². The number of hydrogen-bond acceptors (Lipinski definition) is 3. The monoisotopic (exact) mass is 346 g/mol. The fourth-order valence-corrected chi connectivity index (χ4v) is 4.69. The second-order valence-corrected chi connectivity index (χ2v) is 8.55. The van der Waals surface area contributed by atoms with Crippen LogP contribution >= 0.6 is 11.6 Å². The third-order valence-electron chi connectivity index (χ3n) is 6.01. The molecule has 2 heterocycles. The third kappa shape index (κ3) is 2.90. The largest absolute Gasteiger partial charge is 0.358 e. The Balaban J connectivity index is 1.69. The summed E-state index contributed by atoms with van der Waals surface area (Å²) in [5, 5.41) is 7.27. The van der Waals surface area contributed by atoms with Gasteiger partial charge in [0.25, 0.3) is 0 Å². The van der Waals surface area contributed by atoms with Crippen molar-refractivity contribution in [1.29, 1.82) is 0 Å². The van der Waals surface area contributed by atoms with Crippen LogP contribution in [0.4, 0.5) is 0 Å². The van der Waals surface area contributed by atoms with Crippen LogP contribution in [0.2, 0.25) is 0 Å². The van der Waals surface area contributed by atoms with E-state index in [1.807, 2.05) is 12.4 Å². The van der Waals surface area contributed by atoms with Crippen molar-refractivity contribution >= 4 is 17.3 Å². The van der Waals surface area contributed by atoms with Crippen LogP contribution in [-0.4, -0.2) is 39.4 Å². The second-order valence-electron chi connectivity index (χ2n) is 8.02. The Morgan fingerprint density at radius 2 is 2.17 bits per heavy atom. The van der Waals surface area contributed by atoms with Gasteiger partial charge >= 0.3 is 0 Å². The quantitative estimate of drug-likeness (QED) is 0.824. The predicted molar refractivity (Wildman–Crippen MR) is 98.3 cm³/mol. The molecule has 130 valence electrons. The van der Waals surface area contributed by atoms with Gasteiger partial charge in [-0.1, -0.05) is 19.8 Å². The van der Waals surface area contributed by atoms with Crippen molar-refractivity contribution in [2.45, 2.75) is 63.4 Å². The summed E-state index contributed by atoms with van der Waals surface area (Å²) in [6, 6.07) is 0. The molecule has 5 heteroatoms. The van der Waals surface area contributed by atoms with Gasteiger partial charge in [0.2, 0.25) is 0 Å². The average molecular weight is 347 g/mol. The predicted octanol–water partition coefficient (Wildman–Crippen LogP) is 4.34. The Hall–Kier alpha value is -1.29. The lowest BCUT2D eigenvalue weighted by Crippen LogP contribution is -2.50. The highest BCUT2D eigenvalue weighted by Crippen LogP contribution is 2.46. The molecule has 0 aromatic carbocycles. The SMILES string of the molecule is CN1C=C(CC2CC2)C(c2cn[nH]c2)=NC1C1(C)CCCCC1Cl. The molecule has 24 heavy (non-hydrogen) atoms. The van der Waals surface area contributed by atoms with Gasteiger partial charge in [0.15, 0.2) is 0 Å². The Kier molecular flexibility index (Phi) is 4.19. The van der Waals surface area contributed by atoms with Crippen LogP contribution < -0.4 is 0 Å². The molecule has 3 atom stereocenters. The lowest BCUT2D eigenvalue weighted by Gasteiger charge is -2.47. The number of halogens is 1. The Morgan fingerprint density at radius 1 is 1.33 bits per heavy atom. The van der Waals surface area contributed by atoms with Crippen molar-refractivity contribution in [3.8, 4) is 0 Å². The molecule has 1 aromatic heterocycles. The van der Waals surface area contributed by atoms with E-state index in [9.17, 15) is 0 Å². The number of aliphatic imine (C=N–C) groups is 1. The third-order valence-corrected chi connectivity index (χ3v) is 6.72.